The number of hydrogen-bond acceptors (Lipinski definition) is 2. The van der Waals surface area contributed by atoms with E-state index in [0.29, 0.717) is 5.56 Å². The molecule has 0 atom stereocenters. The predicted octanol–water partition coefficient (Wildman–Crippen LogP) is 2.68. The van der Waals surface area contributed by atoms with E-state index in [2.05, 4.69) is 5.43 Å². The Morgan fingerprint density at radius 1 is 1.25 bits per heavy atom. The van der Waals surface area contributed by atoms with Crippen LogP contribution in [0.3, 0.4) is 0 Å². The highest BCUT2D eigenvalue weighted by atomic mass is 16.2. The first-order valence-electron chi connectivity index (χ1n) is 7.01. The van der Waals surface area contributed by atoms with Crippen LogP contribution in [0.2, 0.25) is 0 Å². The molecule has 0 unspecified atom stereocenters. The van der Waals surface area contributed by atoms with Crippen LogP contribution in [0.4, 0.5) is 0 Å². The van der Waals surface area contributed by atoms with Gasteiger partial charge in [0.15, 0.2) is 0 Å². The fourth-order valence-electron chi connectivity index (χ4n) is 1.98. The lowest BCUT2D eigenvalue weighted by Gasteiger charge is -2.35. The lowest BCUT2D eigenvalue weighted by molar-refractivity contribution is -0.128. The number of nitrogens with one attached hydrogen (secondary N) is 1. The number of amides is 2. The normalized spacial score (nSPS) is 14.8. The molecule has 0 aliphatic heterocycles. The molecule has 1 saturated carbocycles. The molecule has 0 spiro atoms. The van der Waals surface area contributed by atoms with Crippen molar-refractivity contribution < 1.29 is 9.59 Å². The van der Waals surface area contributed by atoms with Crippen molar-refractivity contribution in [2.24, 2.45) is 5.92 Å². The number of hydrogen-bond donors (Lipinski definition) is 1. The van der Waals surface area contributed by atoms with Gasteiger partial charge in [-0.25, -0.2) is 5.01 Å². The smallest absolute Gasteiger partial charge is 0.272 e. The Morgan fingerprint density at radius 3 is 2.40 bits per heavy atom. The van der Waals surface area contributed by atoms with Crippen LogP contribution in [-0.2, 0) is 4.79 Å². The Morgan fingerprint density at radius 2 is 1.90 bits per heavy atom. The summed E-state index contributed by atoms with van der Waals surface area (Å²) in [5, 5.41) is 1.45. The van der Waals surface area contributed by atoms with Crippen molar-refractivity contribution >= 4 is 11.8 Å². The van der Waals surface area contributed by atoms with Gasteiger partial charge in [-0.05, 0) is 52.7 Å². The third-order valence-corrected chi connectivity index (χ3v) is 3.31. The summed E-state index contributed by atoms with van der Waals surface area (Å²) in [4.78, 5) is 24.6. The molecule has 0 radical (unpaired) electrons. The quantitative estimate of drug-likeness (QED) is 0.843. The summed E-state index contributed by atoms with van der Waals surface area (Å²) in [5.74, 6) is -0.152. The van der Waals surface area contributed by atoms with Crippen molar-refractivity contribution in [2.45, 2.75) is 46.1 Å². The van der Waals surface area contributed by atoms with Gasteiger partial charge in [0.25, 0.3) is 5.91 Å². The van der Waals surface area contributed by atoms with Gasteiger partial charge in [0, 0.05) is 11.5 Å². The molecule has 1 aromatic carbocycles. The minimum absolute atomic E-state index is 0.0547. The molecule has 20 heavy (non-hydrogen) atoms. The molecule has 2 amide bonds. The lowest BCUT2D eigenvalue weighted by Crippen LogP contribution is -2.56. The summed E-state index contributed by atoms with van der Waals surface area (Å²) in [6.45, 7) is 7.68. The van der Waals surface area contributed by atoms with Crippen LogP contribution < -0.4 is 5.43 Å². The van der Waals surface area contributed by atoms with Crippen molar-refractivity contribution in [2.75, 3.05) is 0 Å². The van der Waals surface area contributed by atoms with Gasteiger partial charge in [-0.2, -0.15) is 0 Å². The second kappa shape index (κ2) is 5.27. The van der Waals surface area contributed by atoms with E-state index in [1.54, 1.807) is 6.07 Å². The van der Waals surface area contributed by atoms with E-state index in [1.807, 2.05) is 45.9 Å². The molecule has 0 aromatic heterocycles. The second-order valence-corrected chi connectivity index (χ2v) is 6.43. The SMILES string of the molecule is Cc1cccc(C(=O)N(NC(=O)C2CC2)C(C)(C)C)c1. The number of aryl methyl sites for hydroxylation is 1. The largest absolute Gasteiger partial charge is 0.273 e. The van der Waals surface area contributed by atoms with Crippen LogP contribution in [0.15, 0.2) is 24.3 Å². The van der Waals surface area contributed by atoms with Gasteiger partial charge in [-0.3, -0.25) is 15.0 Å². The van der Waals surface area contributed by atoms with Crippen LogP contribution in [0, 0.1) is 12.8 Å². The zero-order valence-corrected chi connectivity index (χ0v) is 12.6. The number of nitrogens with zero attached hydrogens (tertiary/aromatic N) is 1. The average molecular weight is 274 g/mol. The van der Waals surface area contributed by atoms with E-state index in [1.165, 1.54) is 5.01 Å². The standard InChI is InChI=1S/C16H22N2O2/c1-11-6-5-7-13(10-11)15(20)18(16(2,3)4)17-14(19)12-8-9-12/h5-7,10,12H,8-9H2,1-4H3,(H,17,19). The Hall–Kier alpha value is -1.84. The zero-order valence-electron chi connectivity index (χ0n) is 12.6. The monoisotopic (exact) mass is 274 g/mol. The topological polar surface area (TPSA) is 49.4 Å². The number of carbonyl (C=O) groups excluding carboxylic acids is 2. The van der Waals surface area contributed by atoms with E-state index in [0.717, 1.165) is 18.4 Å². The third kappa shape index (κ3) is 3.38. The lowest BCUT2D eigenvalue weighted by atomic mass is 10.1. The van der Waals surface area contributed by atoms with E-state index in [4.69, 9.17) is 0 Å². The first-order valence-corrected chi connectivity index (χ1v) is 7.01. The van der Waals surface area contributed by atoms with Gasteiger partial charge in [0.1, 0.15) is 0 Å². The van der Waals surface area contributed by atoms with Gasteiger partial charge in [-0.1, -0.05) is 17.7 Å². The van der Waals surface area contributed by atoms with E-state index in [-0.39, 0.29) is 17.7 Å². The molecule has 0 bridgehead atoms. The van der Waals surface area contributed by atoms with Gasteiger partial charge < -0.3 is 0 Å². The van der Waals surface area contributed by atoms with Crippen molar-refractivity contribution in [1.82, 2.24) is 10.4 Å². The fraction of sp³-hybridized carbons (Fsp3) is 0.500. The maximum absolute atomic E-state index is 12.6. The van der Waals surface area contributed by atoms with Crippen molar-refractivity contribution in [3.05, 3.63) is 35.4 Å². The molecule has 4 nitrogen and oxygen atoms in total. The molecule has 0 saturated heterocycles. The summed E-state index contributed by atoms with van der Waals surface area (Å²) in [6, 6.07) is 7.41. The number of hydrazine groups is 1. The van der Waals surface area contributed by atoms with Gasteiger partial charge >= 0.3 is 0 Å². The number of benzene rings is 1. The van der Waals surface area contributed by atoms with Crippen LogP contribution in [0.25, 0.3) is 0 Å². The summed E-state index contributed by atoms with van der Waals surface area (Å²) in [7, 11) is 0. The summed E-state index contributed by atoms with van der Waals surface area (Å²) in [5.41, 5.74) is 3.93. The average Bonchev–Trinajstić information content (AvgIpc) is 3.17. The van der Waals surface area contributed by atoms with E-state index < -0.39 is 5.54 Å². The predicted molar refractivity (Wildman–Crippen MR) is 78.0 cm³/mol. The molecule has 4 heteroatoms. The first-order chi connectivity index (χ1) is 9.29. The summed E-state index contributed by atoms with van der Waals surface area (Å²) >= 11 is 0. The van der Waals surface area contributed by atoms with Gasteiger partial charge in [0.05, 0.1) is 5.54 Å². The van der Waals surface area contributed by atoms with E-state index in [9.17, 15) is 9.59 Å². The van der Waals surface area contributed by atoms with Gasteiger partial charge in [0.2, 0.25) is 5.91 Å². The van der Waals surface area contributed by atoms with Crippen LogP contribution in [0.5, 0.6) is 0 Å². The Bertz CT molecular complexity index is 528. The van der Waals surface area contributed by atoms with Crippen LogP contribution in [0.1, 0.15) is 49.5 Å². The molecular weight excluding hydrogens is 252 g/mol. The molecule has 108 valence electrons. The van der Waals surface area contributed by atoms with Crippen molar-refractivity contribution in [1.29, 1.82) is 0 Å². The van der Waals surface area contributed by atoms with Crippen molar-refractivity contribution in [3.8, 4) is 0 Å². The van der Waals surface area contributed by atoms with Crippen molar-refractivity contribution in [3.63, 3.8) is 0 Å². The maximum atomic E-state index is 12.6. The van der Waals surface area contributed by atoms with Gasteiger partial charge in [-0.15, -0.1) is 0 Å². The molecule has 1 aliphatic carbocycles. The number of rotatable bonds is 2. The van der Waals surface area contributed by atoms with Crippen LogP contribution >= 0.6 is 0 Å². The second-order valence-electron chi connectivity index (χ2n) is 6.43. The highest BCUT2D eigenvalue weighted by molar-refractivity contribution is 5.96. The molecular formula is C16H22N2O2. The Balaban J connectivity index is 2.21. The highest BCUT2D eigenvalue weighted by Crippen LogP contribution is 2.29. The molecule has 0 heterocycles. The van der Waals surface area contributed by atoms with E-state index >= 15 is 0 Å². The Kier molecular flexibility index (Phi) is 3.84. The first kappa shape index (κ1) is 14.6. The minimum atomic E-state index is -0.467. The minimum Gasteiger partial charge on any atom is -0.273 e. The summed E-state index contributed by atoms with van der Waals surface area (Å²) < 4.78 is 0. The molecule has 2 rings (SSSR count). The number of carbonyl (C=O) groups is 2. The Labute approximate surface area is 120 Å². The third-order valence-electron chi connectivity index (χ3n) is 3.31. The molecule has 1 fully saturated rings. The zero-order chi connectivity index (χ0) is 14.9. The highest BCUT2D eigenvalue weighted by Gasteiger charge is 2.35. The van der Waals surface area contributed by atoms with Crippen LogP contribution in [-0.4, -0.2) is 22.4 Å². The molecule has 1 aromatic rings. The summed E-state index contributed by atoms with van der Waals surface area (Å²) in [6.07, 6.45) is 1.84. The maximum Gasteiger partial charge on any atom is 0.272 e. The molecule has 1 aliphatic rings. The fourth-order valence-corrected chi connectivity index (χ4v) is 1.98. The molecule has 1 N–H and O–H groups in total.